The monoisotopic (exact) mass is 280 g/mol. The Bertz CT molecular complexity index is 406. The van der Waals surface area contributed by atoms with Crippen molar-refractivity contribution in [2.24, 2.45) is 16.7 Å². The maximum atomic E-state index is 13.0. The van der Waals surface area contributed by atoms with Crippen molar-refractivity contribution in [2.75, 3.05) is 13.9 Å². The number of rotatable bonds is 3. The summed E-state index contributed by atoms with van der Waals surface area (Å²) in [4.78, 5) is 13.0. The van der Waals surface area contributed by atoms with E-state index in [1.165, 1.54) is 5.57 Å². The van der Waals surface area contributed by atoms with Crippen LogP contribution < -0.4 is 0 Å². The second kappa shape index (κ2) is 5.61. The first-order valence-electron chi connectivity index (χ1n) is 7.65. The minimum Gasteiger partial charge on any atom is -0.359 e. The maximum Gasteiger partial charge on any atom is 0.167 e. The minimum absolute atomic E-state index is 0.0501. The fraction of sp³-hybridized carbons (Fsp3) is 0.824. The second-order valence-corrected chi connectivity index (χ2v) is 7.38. The van der Waals surface area contributed by atoms with E-state index in [0.717, 1.165) is 25.7 Å². The Kier molecular flexibility index (Phi) is 4.41. The fourth-order valence-corrected chi connectivity index (χ4v) is 3.76. The number of ketones is 1. The van der Waals surface area contributed by atoms with E-state index < -0.39 is 0 Å². The molecule has 2 aliphatic carbocycles. The number of hydrogen-bond donors (Lipinski definition) is 0. The van der Waals surface area contributed by atoms with Crippen LogP contribution in [0.1, 0.15) is 53.4 Å². The van der Waals surface area contributed by atoms with Crippen LogP contribution in [0.2, 0.25) is 0 Å². The Morgan fingerprint density at radius 3 is 2.65 bits per heavy atom. The summed E-state index contributed by atoms with van der Waals surface area (Å²) < 4.78 is 10.9. The third-order valence-corrected chi connectivity index (χ3v) is 5.30. The lowest BCUT2D eigenvalue weighted by atomic mass is 9.72. The van der Waals surface area contributed by atoms with Crippen molar-refractivity contribution < 1.29 is 14.3 Å². The van der Waals surface area contributed by atoms with Crippen LogP contribution >= 0.6 is 0 Å². The Morgan fingerprint density at radius 2 is 2.00 bits per heavy atom. The largest absolute Gasteiger partial charge is 0.359 e. The van der Waals surface area contributed by atoms with E-state index in [1.54, 1.807) is 7.11 Å². The summed E-state index contributed by atoms with van der Waals surface area (Å²) in [6.45, 7) is 8.79. The van der Waals surface area contributed by atoms with Gasteiger partial charge in [0.1, 0.15) is 12.9 Å². The highest BCUT2D eigenvalue weighted by atomic mass is 16.7. The molecule has 0 unspecified atom stereocenters. The van der Waals surface area contributed by atoms with E-state index in [9.17, 15) is 4.79 Å². The number of ether oxygens (including phenoxy) is 2. The first kappa shape index (κ1) is 15.7. The van der Waals surface area contributed by atoms with Gasteiger partial charge in [0, 0.05) is 18.4 Å². The molecular formula is C17H28O3. The summed E-state index contributed by atoms with van der Waals surface area (Å²) in [7, 11) is 1.61. The number of allylic oxidation sites excluding steroid dienone is 2. The molecule has 0 N–H and O–H groups in total. The highest BCUT2D eigenvalue weighted by Crippen LogP contribution is 2.51. The van der Waals surface area contributed by atoms with Gasteiger partial charge in [0.2, 0.25) is 0 Å². The molecule has 0 aliphatic heterocycles. The number of carbonyl (C=O) groups is 1. The van der Waals surface area contributed by atoms with Gasteiger partial charge in [-0.3, -0.25) is 4.79 Å². The molecule has 2 bridgehead atoms. The van der Waals surface area contributed by atoms with Crippen molar-refractivity contribution in [3.8, 4) is 0 Å². The quantitative estimate of drug-likeness (QED) is 0.584. The second-order valence-electron chi connectivity index (χ2n) is 7.38. The van der Waals surface area contributed by atoms with Gasteiger partial charge in [0.25, 0.3) is 0 Å². The molecule has 0 spiro atoms. The smallest absolute Gasteiger partial charge is 0.167 e. The molecule has 0 aromatic rings. The molecule has 2 aliphatic rings. The number of methoxy groups -OCH3 is 1. The van der Waals surface area contributed by atoms with E-state index in [2.05, 4.69) is 19.9 Å². The third-order valence-electron chi connectivity index (χ3n) is 5.30. The zero-order valence-corrected chi connectivity index (χ0v) is 13.5. The molecule has 114 valence electrons. The van der Waals surface area contributed by atoms with E-state index in [1.807, 2.05) is 13.8 Å². The zero-order valence-electron chi connectivity index (χ0n) is 13.5. The molecule has 2 atom stereocenters. The first-order chi connectivity index (χ1) is 9.30. The molecule has 0 aromatic heterocycles. The first-order valence-corrected chi connectivity index (χ1v) is 7.65. The summed E-state index contributed by atoms with van der Waals surface area (Å²) in [5, 5.41) is 0. The van der Waals surface area contributed by atoms with Crippen LogP contribution in [-0.4, -0.2) is 25.8 Å². The van der Waals surface area contributed by atoms with Gasteiger partial charge in [-0.25, -0.2) is 0 Å². The van der Waals surface area contributed by atoms with Gasteiger partial charge in [0.15, 0.2) is 5.78 Å². The molecule has 0 heterocycles. The van der Waals surface area contributed by atoms with Gasteiger partial charge in [-0.2, -0.15) is 0 Å². The predicted molar refractivity (Wildman–Crippen MR) is 79.4 cm³/mol. The third kappa shape index (κ3) is 2.71. The van der Waals surface area contributed by atoms with Crippen molar-refractivity contribution in [3.63, 3.8) is 0 Å². The van der Waals surface area contributed by atoms with Crippen molar-refractivity contribution in [1.29, 1.82) is 0 Å². The standard InChI is InChI=1S/C17H28O3/c1-16(2)10-6-7-12-8-9-13(17(12,3)4)14(15(16)18)20-11-19-5/h7,13-14H,6,8-11H2,1-5H3/b12-7-/t13-,14-/m1/s1. The molecule has 0 aromatic carbocycles. The minimum atomic E-state index is -0.344. The van der Waals surface area contributed by atoms with E-state index in [4.69, 9.17) is 9.47 Å². The van der Waals surface area contributed by atoms with Crippen LogP contribution in [0, 0.1) is 16.7 Å². The van der Waals surface area contributed by atoms with Crippen molar-refractivity contribution in [2.45, 2.75) is 59.5 Å². The summed E-state index contributed by atoms with van der Waals surface area (Å²) in [6, 6.07) is 0. The van der Waals surface area contributed by atoms with Crippen LogP contribution in [0.25, 0.3) is 0 Å². The molecular weight excluding hydrogens is 252 g/mol. The Balaban J connectivity index is 2.37. The summed E-state index contributed by atoms with van der Waals surface area (Å²) >= 11 is 0. The summed E-state index contributed by atoms with van der Waals surface area (Å²) in [6.07, 6.45) is 6.04. The van der Waals surface area contributed by atoms with Gasteiger partial charge < -0.3 is 9.47 Å². The fourth-order valence-electron chi connectivity index (χ4n) is 3.76. The normalized spacial score (nSPS) is 34.9. The average molecular weight is 280 g/mol. The average Bonchev–Trinajstić information content (AvgIpc) is 2.66. The van der Waals surface area contributed by atoms with Crippen LogP contribution in [-0.2, 0) is 14.3 Å². The zero-order chi connectivity index (χ0) is 15.0. The molecule has 3 nitrogen and oxygen atoms in total. The van der Waals surface area contributed by atoms with Gasteiger partial charge in [-0.1, -0.05) is 39.3 Å². The van der Waals surface area contributed by atoms with Crippen LogP contribution in [0.5, 0.6) is 0 Å². The van der Waals surface area contributed by atoms with Gasteiger partial charge >= 0.3 is 0 Å². The number of hydrogen-bond acceptors (Lipinski definition) is 3. The predicted octanol–water partition coefficient (Wildman–Crippen LogP) is 3.73. The van der Waals surface area contributed by atoms with Crippen LogP contribution in [0.15, 0.2) is 11.6 Å². The van der Waals surface area contributed by atoms with E-state index >= 15 is 0 Å². The van der Waals surface area contributed by atoms with Crippen LogP contribution in [0.4, 0.5) is 0 Å². The lowest BCUT2D eigenvalue weighted by Crippen LogP contribution is -2.44. The molecule has 0 radical (unpaired) electrons. The molecule has 0 amide bonds. The molecule has 1 saturated carbocycles. The molecule has 2 rings (SSSR count). The van der Waals surface area contributed by atoms with Crippen molar-refractivity contribution in [3.05, 3.63) is 11.6 Å². The number of fused-ring (bicyclic) bond motifs is 2. The molecule has 3 heteroatoms. The van der Waals surface area contributed by atoms with Crippen molar-refractivity contribution >= 4 is 5.78 Å². The summed E-state index contributed by atoms with van der Waals surface area (Å²) in [5.74, 6) is 0.498. The van der Waals surface area contributed by atoms with Gasteiger partial charge in [-0.05, 0) is 31.1 Å². The molecule has 20 heavy (non-hydrogen) atoms. The highest BCUT2D eigenvalue weighted by Gasteiger charge is 2.49. The molecule has 0 saturated heterocycles. The van der Waals surface area contributed by atoms with Crippen LogP contribution in [0.3, 0.4) is 0 Å². The number of carbonyl (C=O) groups excluding carboxylic acids is 1. The molecule has 1 fully saturated rings. The number of Topliss-reactive ketones (excluding diaryl/α,β-unsaturated/α-hetero) is 1. The highest BCUT2D eigenvalue weighted by molar-refractivity contribution is 5.88. The Labute approximate surface area is 122 Å². The van der Waals surface area contributed by atoms with E-state index in [-0.39, 0.29) is 35.4 Å². The lowest BCUT2D eigenvalue weighted by molar-refractivity contribution is -0.157. The Morgan fingerprint density at radius 1 is 1.30 bits per heavy atom. The summed E-state index contributed by atoms with van der Waals surface area (Å²) in [5.41, 5.74) is 1.23. The SMILES string of the molecule is COCO[C@H]1C(=O)C(C)(C)CC/C=C2/CC[C@H]1C2(C)C. The van der Waals surface area contributed by atoms with E-state index in [0.29, 0.717) is 0 Å². The Hall–Kier alpha value is -0.670. The van der Waals surface area contributed by atoms with Gasteiger partial charge in [-0.15, -0.1) is 0 Å². The van der Waals surface area contributed by atoms with Crippen molar-refractivity contribution in [1.82, 2.24) is 0 Å². The maximum absolute atomic E-state index is 13.0. The lowest BCUT2D eigenvalue weighted by Gasteiger charge is -2.36. The van der Waals surface area contributed by atoms with Gasteiger partial charge in [0.05, 0.1) is 0 Å². The topological polar surface area (TPSA) is 35.5 Å².